The summed E-state index contributed by atoms with van der Waals surface area (Å²) in [5, 5.41) is 7.44. The molecular weight excluding hydrogens is 436 g/mol. The Labute approximate surface area is 191 Å². The number of aromatic nitrogens is 2. The van der Waals surface area contributed by atoms with E-state index >= 15 is 0 Å². The second-order valence-corrected chi connectivity index (χ2v) is 8.65. The van der Waals surface area contributed by atoms with Gasteiger partial charge in [0.05, 0.1) is 24.6 Å². The third kappa shape index (κ3) is 5.41. The first-order valence-electron chi connectivity index (χ1n) is 10.5. The molecule has 0 radical (unpaired) electrons. The smallest absolute Gasteiger partial charge is 0.263 e. The van der Waals surface area contributed by atoms with Gasteiger partial charge in [-0.2, -0.15) is 4.98 Å². The molecule has 2 saturated heterocycles. The van der Waals surface area contributed by atoms with Crippen LogP contribution in [0.2, 0.25) is 5.02 Å². The van der Waals surface area contributed by atoms with Crippen LogP contribution in [0.3, 0.4) is 0 Å². The number of nitrogens with one attached hydrogen (secondary N) is 3. The largest absolute Gasteiger partial charge is 0.378 e. The topological polar surface area (TPSA) is 94.6 Å². The molecule has 0 spiro atoms. The predicted molar refractivity (Wildman–Crippen MR) is 128 cm³/mol. The van der Waals surface area contributed by atoms with Crippen LogP contribution in [0.1, 0.15) is 25.3 Å². The highest BCUT2D eigenvalue weighted by Gasteiger charge is 2.22. The Hall–Kier alpha value is -2.07. The lowest BCUT2D eigenvalue weighted by Crippen LogP contribution is -2.41. The predicted octanol–water partition coefficient (Wildman–Crippen LogP) is 2.85. The first kappa shape index (κ1) is 22.1. The van der Waals surface area contributed by atoms with Crippen molar-refractivity contribution in [2.45, 2.75) is 30.7 Å². The van der Waals surface area contributed by atoms with Gasteiger partial charge in [0, 0.05) is 35.6 Å². The first-order valence-corrected chi connectivity index (χ1v) is 11.3. The van der Waals surface area contributed by atoms with E-state index in [4.69, 9.17) is 21.3 Å². The van der Waals surface area contributed by atoms with Crippen LogP contribution in [0.15, 0.2) is 32.9 Å². The number of H-pyrrole nitrogens is 1. The summed E-state index contributed by atoms with van der Waals surface area (Å²) in [7, 11) is 0. The maximum Gasteiger partial charge on any atom is 0.263 e. The van der Waals surface area contributed by atoms with Crippen molar-refractivity contribution in [2.24, 2.45) is 4.99 Å². The van der Waals surface area contributed by atoms with Crippen LogP contribution in [0.5, 0.6) is 0 Å². The molecule has 2 fully saturated rings. The van der Waals surface area contributed by atoms with Crippen molar-refractivity contribution in [1.82, 2.24) is 15.3 Å². The molecule has 2 aromatic rings. The van der Waals surface area contributed by atoms with E-state index in [-0.39, 0.29) is 11.6 Å². The van der Waals surface area contributed by atoms with Crippen molar-refractivity contribution < 1.29 is 4.74 Å². The molecule has 166 valence electrons. The van der Waals surface area contributed by atoms with Crippen molar-refractivity contribution >= 4 is 47.4 Å². The van der Waals surface area contributed by atoms with Crippen LogP contribution < -0.4 is 21.1 Å². The molecule has 4 rings (SSSR count). The normalized spacial score (nSPS) is 20.0. The van der Waals surface area contributed by atoms with Gasteiger partial charge in [0.15, 0.2) is 0 Å². The minimum Gasteiger partial charge on any atom is -0.378 e. The van der Waals surface area contributed by atoms with Crippen molar-refractivity contribution in [1.29, 1.82) is 0 Å². The van der Waals surface area contributed by atoms with Gasteiger partial charge in [0.1, 0.15) is 11.4 Å². The number of hydrogen-bond acceptors (Lipinski definition) is 8. The molecule has 8 nitrogen and oxygen atoms in total. The van der Waals surface area contributed by atoms with Crippen LogP contribution in [-0.4, -0.2) is 61.1 Å². The van der Waals surface area contributed by atoms with E-state index in [1.807, 2.05) is 4.90 Å². The number of aliphatic imine (C=N–C) groups is 1. The van der Waals surface area contributed by atoms with E-state index < -0.39 is 0 Å². The zero-order valence-corrected chi connectivity index (χ0v) is 19.1. The first-order chi connectivity index (χ1) is 15.0. The fourth-order valence-corrected chi connectivity index (χ4v) is 4.17. The maximum absolute atomic E-state index is 13.2. The van der Waals surface area contributed by atoms with Crippen LogP contribution in [0.25, 0.3) is 0 Å². The van der Waals surface area contributed by atoms with E-state index in [0.29, 0.717) is 65.0 Å². The number of hydrogen-bond donors (Lipinski definition) is 4. The average molecular weight is 463 g/mol. The molecule has 0 unspecified atom stereocenters. The number of thiol groups is 1. The fourth-order valence-electron chi connectivity index (χ4n) is 3.82. The Morgan fingerprint density at radius 2 is 2.19 bits per heavy atom. The third-order valence-corrected chi connectivity index (χ3v) is 6.06. The number of anilines is 2. The van der Waals surface area contributed by atoms with Gasteiger partial charge in [0.2, 0.25) is 5.95 Å². The molecule has 1 atom stereocenters. The van der Waals surface area contributed by atoms with Crippen molar-refractivity contribution in [3.63, 3.8) is 0 Å². The number of halogens is 1. The molecule has 1 aromatic heterocycles. The second kappa shape index (κ2) is 10.0. The third-order valence-electron chi connectivity index (χ3n) is 5.44. The van der Waals surface area contributed by atoms with E-state index in [1.54, 1.807) is 25.1 Å². The second-order valence-electron chi connectivity index (χ2n) is 7.73. The summed E-state index contributed by atoms with van der Waals surface area (Å²) in [4.78, 5) is 28.3. The molecule has 31 heavy (non-hydrogen) atoms. The number of morpholine rings is 1. The van der Waals surface area contributed by atoms with Gasteiger partial charge in [-0.25, -0.2) is 0 Å². The van der Waals surface area contributed by atoms with Gasteiger partial charge in [0.25, 0.3) is 5.56 Å². The van der Waals surface area contributed by atoms with Gasteiger partial charge >= 0.3 is 0 Å². The lowest BCUT2D eigenvalue weighted by atomic mass is 10.1. The molecular formula is C21H27ClN6O2S. The maximum atomic E-state index is 13.2. The molecule has 10 heteroatoms. The van der Waals surface area contributed by atoms with Crippen molar-refractivity contribution in [3.05, 3.63) is 39.1 Å². The minimum absolute atomic E-state index is 0.193. The summed E-state index contributed by atoms with van der Waals surface area (Å²) >= 11 is 10.6. The van der Waals surface area contributed by atoms with E-state index in [0.717, 1.165) is 25.9 Å². The number of piperidine rings is 1. The zero-order chi connectivity index (χ0) is 21.8. The van der Waals surface area contributed by atoms with Crippen LogP contribution in [0.4, 0.5) is 17.5 Å². The summed E-state index contributed by atoms with van der Waals surface area (Å²) in [5.74, 6) is 1.09. The lowest BCUT2D eigenvalue weighted by molar-refractivity contribution is 0.122. The van der Waals surface area contributed by atoms with E-state index in [1.165, 1.54) is 0 Å². The van der Waals surface area contributed by atoms with E-state index in [2.05, 4.69) is 33.2 Å². The summed E-state index contributed by atoms with van der Waals surface area (Å²) in [6.07, 6.45) is 2.09. The SMILES string of the molecule is CC(=Nc1cc(Cl)ccc1S)c1c(N[C@@H]2CCCNC2)nc(N2CCOCC2)[nH]c1=O. The number of rotatable bonds is 5. The number of aromatic amines is 1. The molecule has 2 aliphatic rings. The fraction of sp³-hybridized carbons (Fsp3) is 0.476. The Bertz CT molecular complexity index is 1020. The molecule has 0 aliphatic carbocycles. The van der Waals surface area contributed by atoms with E-state index in [9.17, 15) is 4.79 Å². The quantitative estimate of drug-likeness (QED) is 0.403. The molecule has 2 aliphatic heterocycles. The highest BCUT2D eigenvalue weighted by molar-refractivity contribution is 7.80. The van der Waals surface area contributed by atoms with Gasteiger partial charge in [-0.15, -0.1) is 12.6 Å². The molecule has 1 aromatic carbocycles. The standard InChI is InChI=1S/C21H27ClN6O2S/c1-13(24-16-11-14(22)4-5-17(16)31)18-19(25-15-3-2-6-23-12-15)26-21(27-20(18)29)28-7-9-30-10-8-28/h4-5,11,15,23,31H,2-3,6-10,12H2,1H3,(H2,25,26,27,29)/t15-/m1/s1. The summed E-state index contributed by atoms with van der Waals surface area (Å²) in [6, 6.07) is 5.47. The Morgan fingerprint density at radius 3 is 2.94 bits per heavy atom. The highest BCUT2D eigenvalue weighted by Crippen LogP contribution is 2.28. The number of benzene rings is 1. The van der Waals surface area contributed by atoms with Crippen LogP contribution in [0, 0.1) is 0 Å². The van der Waals surface area contributed by atoms with Crippen LogP contribution >= 0.6 is 24.2 Å². The molecule has 0 amide bonds. The van der Waals surface area contributed by atoms with Gasteiger partial charge in [-0.05, 0) is 44.5 Å². The number of nitrogens with zero attached hydrogens (tertiary/aromatic N) is 3. The lowest BCUT2D eigenvalue weighted by Gasteiger charge is -2.29. The Balaban J connectivity index is 1.74. The van der Waals surface area contributed by atoms with Crippen LogP contribution in [-0.2, 0) is 4.74 Å². The Kier molecular flexibility index (Phi) is 7.16. The zero-order valence-electron chi connectivity index (χ0n) is 17.4. The molecule has 3 heterocycles. The van der Waals surface area contributed by atoms with Gasteiger partial charge in [-0.3, -0.25) is 14.8 Å². The monoisotopic (exact) mass is 462 g/mol. The summed E-state index contributed by atoms with van der Waals surface area (Å²) < 4.78 is 5.43. The number of ether oxygens (including phenoxy) is 1. The minimum atomic E-state index is -0.230. The summed E-state index contributed by atoms with van der Waals surface area (Å²) in [6.45, 7) is 6.23. The molecule has 3 N–H and O–H groups in total. The van der Waals surface area contributed by atoms with Gasteiger partial charge in [-0.1, -0.05) is 11.6 Å². The summed E-state index contributed by atoms with van der Waals surface area (Å²) in [5.41, 5.74) is 1.35. The van der Waals surface area contributed by atoms with Crippen molar-refractivity contribution in [3.8, 4) is 0 Å². The average Bonchev–Trinajstić information content (AvgIpc) is 2.77. The van der Waals surface area contributed by atoms with Crippen molar-refractivity contribution in [2.75, 3.05) is 49.6 Å². The highest BCUT2D eigenvalue weighted by atomic mass is 35.5. The molecule has 0 bridgehead atoms. The van der Waals surface area contributed by atoms with Gasteiger partial charge < -0.3 is 20.3 Å². The molecule has 0 saturated carbocycles. The Morgan fingerprint density at radius 1 is 1.39 bits per heavy atom.